The molecule has 0 saturated carbocycles. The summed E-state index contributed by atoms with van der Waals surface area (Å²) in [6, 6.07) is 12.4. The van der Waals surface area contributed by atoms with Gasteiger partial charge in [-0.15, -0.1) is 0 Å². The van der Waals surface area contributed by atoms with Crippen LogP contribution in [0.5, 0.6) is 10.9 Å². The highest BCUT2D eigenvalue weighted by Gasteiger charge is 2.15. The van der Waals surface area contributed by atoms with E-state index < -0.39 is 0 Å². The molecule has 6 heteroatoms. The van der Waals surface area contributed by atoms with E-state index >= 15 is 0 Å². The Morgan fingerprint density at radius 2 is 1.83 bits per heavy atom. The Bertz CT molecular complexity index is 993. The molecule has 2 aromatic carbocycles. The fourth-order valence-corrected chi connectivity index (χ4v) is 3.88. The average molecular weight is 444 g/mol. The quantitative estimate of drug-likeness (QED) is 0.404. The third-order valence-electron chi connectivity index (χ3n) is 5.31. The van der Waals surface area contributed by atoms with Crippen molar-refractivity contribution in [3.05, 3.63) is 58.1 Å². The summed E-state index contributed by atoms with van der Waals surface area (Å²) in [5, 5.41) is 1.09. The first kappa shape index (κ1) is 22.7. The van der Waals surface area contributed by atoms with Crippen LogP contribution in [0.25, 0.3) is 11.4 Å². The van der Waals surface area contributed by atoms with Gasteiger partial charge in [0.15, 0.2) is 5.82 Å². The van der Waals surface area contributed by atoms with Gasteiger partial charge in [0, 0.05) is 23.6 Å². The standard InChI is InChI=1S/C24H30ClN3OS/c1-7-28(6)13-12-18-15-20(25)21(14-16(18)2)29-23-26-22(27-30-23)17-8-10-19(11-9-17)24(3,4)5/h8-11,14-15H,7,12-13H2,1-6H3. The zero-order valence-corrected chi connectivity index (χ0v) is 20.2. The number of rotatable bonds is 7. The summed E-state index contributed by atoms with van der Waals surface area (Å²) in [6.07, 6.45) is 0.962. The molecule has 4 nitrogen and oxygen atoms in total. The molecule has 0 unspecified atom stereocenters. The molecule has 0 saturated heterocycles. The van der Waals surface area contributed by atoms with Crippen molar-refractivity contribution >= 4 is 23.1 Å². The maximum absolute atomic E-state index is 6.50. The lowest BCUT2D eigenvalue weighted by Crippen LogP contribution is -2.20. The van der Waals surface area contributed by atoms with E-state index in [4.69, 9.17) is 16.3 Å². The number of likely N-dealkylation sites (N-methyl/N-ethyl adjacent to an activating group) is 1. The minimum Gasteiger partial charge on any atom is -0.428 e. The second-order valence-corrected chi connectivity index (χ2v) is 9.79. The van der Waals surface area contributed by atoms with E-state index in [0.29, 0.717) is 21.8 Å². The number of aryl methyl sites for hydroxylation is 1. The lowest BCUT2D eigenvalue weighted by molar-refractivity contribution is 0.357. The molecule has 30 heavy (non-hydrogen) atoms. The zero-order valence-electron chi connectivity index (χ0n) is 18.6. The highest BCUT2D eigenvalue weighted by molar-refractivity contribution is 7.07. The number of hydrogen-bond donors (Lipinski definition) is 0. The van der Waals surface area contributed by atoms with Crippen LogP contribution in [0.3, 0.4) is 0 Å². The minimum absolute atomic E-state index is 0.120. The van der Waals surface area contributed by atoms with Gasteiger partial charge in [-0.05, 0) is 61.2 Å². The average Bonchev–Trinajstić information content (AvgIpc) is 3.17. The summed E-state index contributed by atoms with van der Waals surface area (Å²) in [4.78, 5) is 6.84. The maximum Gasteiger partial charge on any atom is 0.299 e. The Morgan fingerprint density at radius 1 is 1.13 bits per heavy atom. The summed E-state index contributed by atoms with van der Waals surface area (Å²) >= 11 is 7.74. The van der Waals surface area contributed by atoms with Crippen LogP contribution in [0.1, 0.15) is 44.4 Å². The van der Waals surface area contributed by atoms with Crippen molar-refractivity contribution in [1.29, 1.82) is 0 Å². The summed E-state index contributed by atoms with van der Waals surface area (Å²) < 4.78 is 10.4. The molecule has 0 aliphatic heterocycles. The molecule has 0 bridgehead atoms. The third kappa shape index (κ3) is 5.60. The van der Waals surface area contributed by atoms with Crippen molar-refractivity contribution in [2.45, 2.75) is 46.5 Å². The van der Waals surface area contributed by atoms with E-state index in [9.17, 15) is 0 Å². The summed E-state index contributed by atoms with van der Waals surface area (Å²) in [5.74, 6) is 1.29. The van der Waals surface area contributed by atoms with Gasteiger partial charge in [-0.3, -0.25) is 0 Å². The molecule has 0 aliphatic rings. The second kappa shape index (κ2) is 9.46. The van der Waals surface area contributed by atoms with Gasteiger partial charge in [0.1, 0.15) is 5.75 Å². The van der Waals surface area contributed by atoms with Crippen LogP contribution in [0.2, 0.25) is 5.02 Å². The van der Waals surface area contributed by atoms with E-state index in [0.717, 1.165) is 25.1 Å². The first-order chi connectivity index (χ1) is 14.2. The second-order valence-electron chi connectivity index (χ2n) is 8.67. The van der Waals surface area contributed by atoms with Gasteiger partial charge in [-0.2, -0.15) is 9.36 Å². The Morgan fingerprint density at radius 3 is 2.47 bits per heavy atom. The molecule has 3 rings (SSSR count). The van der Waals surface area contributed by atoms with E-state index in [1.165, 1.54) is 28.2 Å². The Balaban J connectivity index is 1.73. The first-order valence-corrected chi connectivity index (χ1v) is 11.4. The SMILES string of the molecule is CCN(C)CCc1cc(Cl)c(Oc2nc(-c3ccc(C(C)(C)C)cc3)ns2)cc1C. The fraction of sp³-hybridized carbons (Fsp3) is 0.417. The summed E-state index contributed by atoms with van der Waals surface area (Å²) in [7, 11) is 2.12. The van der Waals surface area contributed by atoms with Crippen molar-refractivity contribution in [2.75, 3.05) is 20.1 Å². The van der Waals surface area contributed by atoms with Crippen LogP contribution < -0.4 is 4.74 Å². The molecule has 0 fully saturated rings. The van der Waals surface area contributed by atoms with Gasteiger partial charge in [0.05, 0.1) is 5.02 Å². The summed E-state index contributed by atoms with van der Waals surface area (Å²) in [5.41, 5.74) is 4.79. The minimum atomic E-state index is 0.120. The molecule has 0 spiro atoms. The molecule has 160 valence electrons. The normalized spacial score (nSPS) is 11.9. The van der Waals surface area contributed by atoms with Crippen molar-refractivity contribution in [3.63, 3.8) is 0 Å². The predicted octanol–water partition coefficient (Wildman–Crippen LogP) is 6.75. The molecular formula is C24H30ClN3OS. The Labute approximate surface area is 189 Å². The van der Waals surface area contributed by atoms with Crippen LogP contribution in [0.15, 0.2) is 36.4 Å². The van der Waals surface area contributed by atoms with Crippen LogP contribution in [-0.2, 0) is 11.8 Å². The van der Waals surface area contributed by atoms with E-state index in [1.807, 2.05) is 12.1 Å². The van der Waals surface area contributed by atoms with Gasteiger partial charge in [0.2, 0.25) is 0 Å². The lowest BCUT2D eigenvalue weighted by atomic mass is 9.87. The maximum atomic E-state index is 6.50. The van der Waals surface area contributed by atoms with Gasteiger partial charge in [0.25, 0.3) is 5.19 Å². The molecule has 0 aliphatic carbocycles. The Kier molecular flexibility index (Phi) is 7.17. The number of benzene rings is 2. The smallest absolute Gasteiger partial charge is 0.299 e. The molecular weight excluding hydrogens is 414 g/mol. The largest absolute Gasteiger partial charge is 0.428 e. The van der Waals surface area contributed by atoms with Crippen LogP contribution >= 0.6 is 23.1 Å². The number of hydrogen-bond acceptors (Lipinski definition) is 5. The van der Waals surface area contributed by atoms with Crippen LogP contribution in [-0.4, -0.2) is 34.4 Å². The number of ether oxygens (including phenoxy) is 1. The highest BCUT2D eigenvalue weighted by Crippen LogP contribution is 2.34. The molecule has 0 radical (unpaired) electrons. The fourth-order valence-electron chi connectivity index (χ4n) is 3.09. The third-order valence-corrected chi connectivity index (χ3v) is 6.20. The summed E-state index contributed by atoms with van der Waals surface area (Å²) in [6.45, 7) is 12.9. The van der Waals surface area contributed by atoms with Crippen molar-refractivity contribution < 1.29 is 4.74 Å². The molecule has 1 heterocycles. The van der Waals surface area contributed by atoms with Gasteiger partial charge >= 0.3 is 0 Å². The monoisotopic (exact) mass is 443 g/mol. The highest BCUT2D eigenvalue weighted by atomic mass is 35.5. The lowest BCUT2D eigenvalue weighted by Gasteiger charge is -2.18. The van der Waals surface area contributed by atoms with Gasteiger partial charge < -0.3 is 9.64 Å². The molecule has 3 aromatic rings. The molecule has 0 amide bonds. The van der Waals surface area contributed by atoms with Gasteiger partial charge in [-0.1, -0.05) is 63.6 Å². The van der Waals surface area contributed by atoms with E-state index in [-0.39, 0.29) is 5.41 Å². The molecule has 0 N–H and O–H groups in total. The Hall–Kier alpha value is -1.95. The number of nitrogens with zero attached hydrogens (tertiary/aromatic N) is 3. The van der Waals surface area contributed by atoms with Crippen molar-refractivity contribution in [2.24, 2.45) is 0 Å². The first-order valence-electron chi connectivity index (χ1n) is 10.3. The molecule has 0 atom stereocenters. The number of halogens is 1. The van der Waals surface area contributed by atoms with Crippen LogP contribution in [0, 0.1) is 6.92 Å². The van der Waals surface area contributed by atoms with Crippen LogP contribution in [0.4, 0.5) is 0 Å². The zero-order chi connectivity index (χ0) is 21.9. The number of aromatic nitrogens is 2. The predicted molar refractivity (Wildman–Crippen MR) is 127 cm³/mol. The van der Waals surface area contributed by atoms with E-state index in [2.05, 4.69) is 80.2 Å². The van der Waals surface area contributed by atoms with Gasteiger partial charge in [-0.25, -0.2) is 0 Å². The topological polar surface area (TPSA) is 38.2 Å². The van der Waals surface area contributed by atoms with E-state index in [1.54, 1.807) is 0 Å². The van der Waals surface area contributed by atoms with Crippen molar-refractivity contribution in [3.8, 4) is 22.3 Å². The molecule has 1 aromatic heterocycles. The van der Waals surface area contributed by atoms with Crippen molar-refractivity contribution in [1.82, 2.24) is 14.3 Å².